The average Bonchev–Trinajstić information content (AvgIpc) is 2.90. The highest BCUT2D eigenvalue weighted by atomic mass is 32.2. The second-order valence-electron chi connectivity index (χ2n) is 5.41. The fraction of sp³-hybridized carbons (Fsp3) is 0.0556. The summed E-state index contributed by atoms with van der Waals surface area (Å²) in [6.45, 7) is -0.346. The zero-order valence-electron chi connectivity index (χ0n) is 13.3. The summed E-state index contributed by atoms with van der Waals surface area (Å²) in [4.78, 5) is 48.0. The number of non-ortho nitro benzene ring substituents is 1. The summed E-state index contributed by atoms with van der Waals surface area (Å²) in [6, 6.07) is 14.1. The van der Waals surface area contributed by atoms with Crippen LogP contribution in [0.2, 0.25) is 0 Å². The Kier molecular flexibility index (Phi) is 4.94. The Bertz CT molecular complexity index is 940. The van der Waals surface area contributed by atoms with Gasteiger partial charge in [0.2, 0.25) is 0 Å². The molecule has 0 bridgehead atoms. The van der Waals surface area contributed by atoms with Gasteiger partial charge in [0.15, 0.2) is 5.78 Å². The number of Topliss-reactive ketones (excluding diaryl/α,β-unsaturated/α-hetero) is 1. The van der Waals surface area contributed by atoms with Gasteiger partial charge < -0.3 is 0 Å². The molecule has 26 heavy (non-hydrogen) atoms. The first kappa shape index (κ1) is 17.6. The van der Waals surface area contributed by atoms with Crippen LogP contribution in [0.25, 0.3) is 6.08 Å². The van der Waals surface area contributed by atoms with E-state index in [0.717, 1.165) is 4.90 Å². The maximum absolute atomic E-state index is 12.4. The second-order valence-corrected chi connectivity index (χ2v) is 6.40. The van der Waals surface area contributed by atoms with Crippen LogP contribution in [0.3, 0.4) is 0 Å². The van der Waals surface area contributed by atoms with Crippen LogP contribution in [0, 0.1) is 10.1 Å². The number of carbonyl (C=O) groups excluding carboxylic acids is 3. The van der Waals surface area contributed by atoms with Crippen LogP contribution < -0.4 is 0 Å². The Morgan fingerprint density at radius 2 is 1.85 bits per heavy atom. The molecule has 0 spiro atoms. The lowest BCUT2D eigenvalue weighted by Gasteiger charge is -2.11. The molecule has 1 fully saturated rings. The van der Waals surface area contributed by atoms with Crippen molar-refractivity contribution in [3.8, 4) is 0 Å². The van der Waals surface area contributed by atoms with Crippen molar-refractivity contribution in [2.45, 2.75) is 0 Å². The second kappa shape index (κ2) is 7.32. The summed E-state index contributed by atoms with van der Waals surface area (Å²) in [5.74, 6) is -0.930. The van der Waals surface area contributed by atoms with E-state index in [2.05, 4.69) is 0 Å². The van der Waals surface area contributed by atoms with E-state index >= 15 is 0 Å². The number of thioether (sulfide) groups is 1. The summed E-state index contributed by atoms with van der Waals surface area (Å²) < 4.78 is 0. The molecule has 0 aromatic heterocycles. The first-order valence-electron chi connectivity index (χ1n) is 7.54. The van der Waals surface area contributed by atoms with Crippen LogP contribution in [0.4, 0.5) is 10.5 Å². The predicted molar refractivity (Wildman–Crippen MR) is 96.5 cm³/mol. The number of imide groups is 1. The van der Waals surface area contributed by atoms with Crippen LogP contribution in [0.1, 0.15) is 15.9 Å². The van der Waals surface area contributed by atoms with E-state index in [9.17, 15) is 24.5 Å². The van der Waals surface area contributed by atoms with E-state index in [1.165, 1.54) is 24.3 Å². The third-order valence-electron chi connectivity index (χ3n) is 3.65. The molecule has 0 N–H and O–H groups in total. The molecular formula is C18H12N2O5S. The molecule has 0 unspecified atom stereocenters. The largest absolute Gasteiger partial charge is 0.293 e. The number of amides is 2. The minimum atomic E-state index is -0.587. The lowest BCUT2D eigenvalue weighted by molar-refractivity contribution is -0.384. The molecular weight excluding hydrogens is 356 g/mol. The Labute approximate surface area is 152 Å². The Morgan fingerprint density at radius 1 is 1.12 bits per heavy atom. The standard InChI is InChI=1S/C18H12N2O5S/c21-15(13-6-2-1-3-7-13)11-19-17(22)16(26-18(19)23)10-12-5-4-8-14(9-12)20(24)25/h1-10H,11H2/b16-10-. The molecule has 130 valence electrons. The van der Waals surface area contributed by atoms with Crippen molar-refractivity contribution in [2.24, 2.45) is 0 Å². The van der Waals surface area contributed by atoms with Gasteiger partial charge in [-0.2, -0.15) is 0 Å². The number of rotatable bonds is 5. The van der Waals surface area contributed by atoms with E-state index < -0.39 is 16.1 Å². The maximum atomic E-state index is 12.4. The molecule has 7 nitrogen and oxygen atoms in total. The van der Waals surface area contributed by atoms with E-state index in [0.29, 0.717) is 22.9 Å². The summed E-state index contributed by atoms with van der Waals surface area (Å²) >= 11 is 0.705. The average molecular weight is 368 g/mol. The molecule has 1 aliphatic heterocycles. The molecule has 0 atom stereocenters. The first-order valence-corrected chi connectivity index (χ1v) is 8.35. The van der Waals surface area contributed by atoms with Gasteiger partial charge in [0.05, 0.1) is 16.4 Å². The molecule has 0 aliphatic carbocycles. The smallest absolute Gasteiger partial charge is 0.292 e. The lowest BCUT2D eigenvalue weighted by atomic mass is 10.1. The van der Waals surface area contributed by atoms with E-state index in [1.807, 2.05) is 0 Å². The number of hydrogen-bond donors (Lipinski definition) is 0. The summed E-state index contributed by atoms with van der Waals surface area (Å²) in [7, 11) is 0. The SMILES string of the molecule is O=C(CN1C(=O)S/C(=C\c2cccc([N+](=O)[O-])c2)C1=O)c1ccccc1. The third kappa shape index (κ3) is 3.70. The molecule has 3 rings (SSSR count). The van der Waals surface area contributed by atoms with E-state index in [-0.39, 0.29) is 22.9 Å². The minimum Gasteiger partial charge on any atom is -0.292 e. The van der Waals surface area contributed by atoms with Crippen LogP contribution in [-0.4, -0.2) is 33.3 Å². The van der Waals surface area contributed by atoms with Crippen molar-refractivity contribution < 1.29 is 19.3 Å². The Morgan fingerprint density at radius 3 is 2.54 bits per heavy atom. The zero-order valence-corrected chi connectivity index (χ0v) is 14.1. The van der Waals surface area contributed by atoms with Crippen molar-refractivity contribution in [2.75, 3.05) is 6.54 Å². The molecule has 0 radical (unpaired) electrons. The fourth-order valence-electron chi connectivity index (χ4n) is 2.37. The molecule has 2 aromatic carbocycles. The number of nitrogens with zero attached hydrogens (tertiary/aromatic N) is 2. The fourth-order valence-corrected chi connectivity index (χ4v) is 3.21. The number of nitro groups is 1. The number of carbonyl (C=O) groups is 3. The molecule has 0 saturated carbocycles. The molecule has 1 heterocycles. The number of nitro benzene ring substituents is 1. The Hall–Kier alpha value is -3.26. The minimum absolute atomic E-state index is 0.114. The lowest BCUT2D eigenvalue weighted by Crippen LogP contribution is -2.33. The normalized spacial score (nSPS) is 15.5. The van der Waals surface area contributed by atoms with Gasteiger partial charge in [-0.05, 0) is 23.4 Å². The van der Waals surface area contributed by atoms with E-state index in [1.54, 1.807) is 36.4 Å². The molecule has 2 aromatic rings. The van der Waals surface area contributed by atoms with Gasteiger partial charge in [0.25, 0.3) is 16.8 Å². The number of ketones is 1. The van der Waals surface area contributed by atoms with E-state index in [4.69, 9.17) is 0 Å². The highest BCUT2D eigenvalue weighted by Gasteiger charge is 2.36. The van der Waals surface area contributed by atoms with Gasteiger partial charge in [-0.15, -0.1) is 0 Å². The summed E-state index contributed by atoms with van der Waals surface area (Å²) in [5, 5.41) is 10.3. The molecule has 1 aliphatic rings. The summed E-state index contributed by atoms with van der Waals surface area (Å²) in [5.41, 5.74) is 0.727. The monoisotopic (exact) mass is 368 g/mol. The number of hydrogen-bond acceptors (Lipinski definition) is 6. The zero-order chi connectivity index (χ0) is 18.7. The van der Waals surface area contributed by atoms with Crippen molar-refractivity contribution in [1.29, 1.82) is 0 Å². The van der Waals surface area contributed by atoms with Crippen LogP contribution in [0.15, 0.2) is 59.5 Å². The van der Waals surface area contributed by atoms with Crippen molar-refractivity contribution >= 4 is 40.5 Å². The topological polar surface area (TPSA) is 97.6 Å². The predicted octanol–water partition coefficient (Wildman–Crippen LogP) is 3.51. The maximum Gasteiger partial charge on any atom is 0.293 e. The van der Waals surface area contributed by atoms with Gasteiger partial charge in [0, 0.05) is 17.7 Å². The van der Waals surface area contributed by atoms with Crippen LogP contribution >= 0.6 is 11.8 Å². The van der Waals surface area contributed by atoms with Crippen LogP contribution in [0.5, 0.6) is 0 Å². The summed E-state index contributed by atoms with van der Waals surface area (Å²) in [6.07, 6.45) is 1.41. The van der Waals surface area contributed by atoms with Crippen molar-refractivity contribution in [1.82, 2.24) is 4.90 Å². The quantitative estimate of drug-likeness (QED) is 0.347. The third-order valence-corrected chi connectivity index (χ3v) is 4.56. The highest BCUT2D eigenvalue weighted by molar-refractivity contribution is 8.18. The molecule has 1 saturated heterocycles. The van der Waals surface area contributed by atoms with Gasteiger partial charge >= 0.3 is 0 Å². The Balaban J connectivity index is 1.79. The van der Waals surface area contributed by atoms with Crippen molar-refractivity contribution in [3.63, 3.8) is 0 Å². The highest BCUT2D eigenvalue weighted by Crippen LogP contribution is 2.32. The van der Waals surface area contributed by atoms with Crippen molar-refractivity contribution in [3.05, 3.63) is 80.7 Å². The molecule has 2 amide bonds. The van der Waals surface area contributed by atoms with Gasteiger partial charge in [-0.1, -0.05) is 42.5 Å². The molecule has 8 heteroatoms. The van der Waals surface area contributed by atoms with Gasteiger partial charge in [-0.3, -0.25) is 29.4 Å². The van der Waals surface area contributed by atoms with Gasteiger partial charge in [0.1, 0.15) is 0 Å². The van der Waals surface area contributed by atoms with Gasteiger partial charge in [-0.25, -0.2) is 0 Å². The van der Waals surface area contributed by atoms with Crippen LogP contribution in [-0.2, 0) is 4.79 Å². The number of benzene rings is 2. The first-order chi connectivity index (χ1) is 12.5.